The minimum absolute atomic E-state index is 0.0405. The van der Waals surface area contributed by atoms with Crippen LogP contribution in [0, 0.1) is 0 Å². The molecule has 2 heterocycles. The number of aliphatic hydroxyl groups excluding tert-OH is 1. The van der Waals surface area contributed by atoms with E-state index in [0.717, 1.165) is 37.6 Å². The van der Waals surface area contributed by atoms with Crippen LogP contribution < -0.4 is 4.90 Å². The third-order valence-corrected chi connectivity index (χ3v) is 4.28. The number of hydrogen-bond acceptors (Lipinski definition) is 4. The maximum absolute atomic E-state index is 9.25. The van der Waals surface area contributed by atoms with Crippen molar-refractivity contribution in [3.8, 4) is 0 Å². The number of halogens is 1. The summed E-state index contributed by atoms with van der Waals surface area (Å²) in [6, 6.07) is 2.54. The summed E-state index contributed by atoms with van der Waals surface area (Å²) < 4.78 is 0. The molecule has 2 rings (SSSR count). The molecule has 0 aromatic carbocycles. The van der Waals surface area contributed by atoms with Crippen molar-refractivity contribution in [2.24, 2.45) is 0 Å². The number of anilines is 1. The van der Waals surface area contributed by atoms with Gasteiger partial charge in [-0.3, -0.25) is 4.90 Å². The van der Waals surface area contributed by atoms with Gasteiger partial charge in [0.25, 0.3) is 0 Å². The highest BCUT2D eigenvalue weighted by molar-refractivity contribution is 6.31. The zero-order chi connectivity index (χ0) is 13.8. The summed E-state index contributed by atoms with van der Waals surface area (Å²) in [5, 5.41) is 9.78. The molecule has 4 nitrogen and oxygen atoms in total. The van der Waals surface area contributed by atoms with Gasteiger partial charge in [-0.25, -0.2) is 4.98 Å². The Morgan fingerprint density at radius 3 is 2.63 bits per heavy atom. The van der Waals surface area contributed by atoms with Gasteiger partial charge in [0.05, 0.1) is 11.6 Å². The van der Waals surface area contributed by atoms with Crippen LogP contribution in [0.4, 0.5) is 5.82 Å². The van der Waals surface area contributed by atoms with Gasteiger partial charge in [-0.2, -0.15) is 0 Å². The predicted molar refractivity (Wildman–Crippen MR) is 78.7 cm³/mol. The molecular weight excluding hydrogens is 262 g/mol. The number of aliphatic hydroxyl groups is 1. The third-order valence-electron chi connectivity index (χ3n) is 3.94. The van der Waals surface area contributed by atoms with Gasteiger partial charge in [-0.1, -0.05) is 18.5 Å². The maximum atomic E-state index is 9.25. The first kappa shape index (κ1) is 14.6. The van der Waals surface area contributed by atoms with E-state index >= 15 is 0 Å². The molecule has 0 saturated carbocycles. The minimum Gasteiger partial charge on any atom is -0.392 e. The molecule has 1 aromatic heterocycles. The topological polar surface area (TPSA) is 39.6 Å². The molecule has 1 aliphatic heterocycles. The van der Waals surface area contributed by atoms with Crippen molar-refractivity contribution in [3.63, 3.8) is 0 Å². The summed E-state index contributed by atoms with van der Waals surface area (Å²) in [6.07, 6.45) is 2.82. The van der Waals surface area contributed by atoms with Crippen LogP contribution in [0.15, 0.2) is 12.3 Å². The van der Waals surface area contributed by atoms with Crippen LogP contribution in [0.3, 0.4) is 0 Å². The van der Waals surface area contributed by atoms with Crippen LogP contribution >= 0.6 is 11.6 Å². The van der Waals surface area contributed by atoms with Crippen molar-refractivity contribution in [3.05, 3.63) is 22.8 Å². The lowest BCUT2D eigenvalue weighted by Gasteiger charge is -2.38. The molecular formula is C14H22ClN3O. The number of piperazine rings is 1. The highest BCUT2D eigenvalue weighted by atomic mass is 35.5. The Morgan fingerprint density at radius 1 is 1.37 bits per heavy atom. The average Bonchev–Trinajstić information content (AvgIpc) is 2.47. The van der Waals surface area contributed by atoms with Crippen LogP contribution in [0.1, 0.15) is 25.8 Å². The summed E-state index contributed by atoms with van der Waals surface area (Å²) in [7, 11) is 0. The Balaban J connectivity index is 2.01. The summed E-state index contributed by atoms with van der Waals surface area (Å²) in [4.78, 5) is 9.14. The van der Waals surface area contributed by atoms with Crippen molar-refractivity contribution < 1.29 is 5.11 Å². The molecule has 1 saturated heterocycles. The molecule has 1 fully saturated rings. The summed E-state index contributed by atoms with van der Waals surface area (Å²) >= 11 is 5.97. The zero-order valence-electron chi connectivity index (χ0n) is 11.6. The number of hydrogen-bond donors (Lipinski definition) is 1. The van der Waals surface area contributed by atoms with Gasteiger partial charge in [-0.05, 0) is 19.4 Å². The van der Waals surface area contributed by atoms with Crippen molar-refractivity contribution in [1.29, 1.82) is 0 Å². The second kappa shape index (κ2) is 6.55. The number of nitrogens with zero attached hydrogens (tertiary/aromatic N) is 3. The Labute approximate surface area is 120 Å². The van der Waals surface area contributed by atoms with Gasteiger partial charge in [0, 0.05) is 44.0 Å². The highest BCUT2D eigenvalue weighted by Crippen LogP contribution is 2.22. The number of pyridine rings is 1. The van der Waals surface area contributed by atoms with Gasteiger partial charge < -0.3 is 10.0 Å². The van der Waals surface area contributed by atoms with E-state index < -0.39 is 0 Å². The van der Waals surface area contributed by atoms with Gasteiger partial charge in [0.15, 0.2) is 0 Å². The first-order chi connectivity index (χ1) is 9.15. The van der Waals surface area contributed by atoms with Crippen LogP contribution in [-0.4, -0.2) is 47.2 Å². The lowest BCUT2D eigenvalue weighted by molar-refractivity contribution is 0.192. The predicted octanol–water partition coefficient (Wildman–Crippen LogP) is 2.15. The first-order valence-electron chi connectivity index (χ1n) is 6.90. The molecule has 106 valence electrons. The smallest absolute Gasteiger partial charge is 0.129 e. The quantitative estimate of drug-likeness (QED) is 0.919. The van der Waals surface area contributed by atoms with E-state index in [2.05, 4.69) is 28.6 Å². The Kier molecular flexibility index (Phi) is 5.02. The Bertz CT molecular complexity index is 419. The van der Waals surface area contributed by atoms with Crippen LogP contribution in [0.25, 0.3) is 0 Å². The summed E-state index contributed by atoms with van der Waals surface area (Å²) in [5.74, 6) is 0.914. The van der Waals surface area contributed by atoms with E-state index in [0.29, 0.717) is 11.1 Å². The van der Waals surface area contributed by atoms with E-state index in [1.54, 1.807) is 6.20 Å². The molecule has 1 N–H and O–H groups in total. The second-order valence-electron chi connectivity index (χ2n) is 5.07. The number of aromatic nitrogens is 1. The zero-order valence-corrected chi connectivity index (χ0v) is 12.4. The first-order valence-corrected chi connectivity index (χ1v) is 7.27. The lowest BCUT2D eigenvalue weighted by Crippen LogP contribution is -2.49. The van der Waals surface area contributed by atoms with Gasteiger partial charge >= 0.3 is 0 Å². The van der Waals surface area contributed by atoms with Gasteiger partial charge in [0.2, 0.25) is 0 Å². The SMILES string of the molecule is CCC(C)N1CCN(c2cc(CO)c(Cl)cn2)CC1. The molecule has 0 aliphatic carbocycles. The van der Waals surface area contributed by atoms with Crippen molar-refractivity contribution in [2.75, 3.05) is 31.1 Å². The molecule has 0 radical (unpaired) electrons. The highest BCUT2D eigenvalue weighted by Gasteiger charge is 2.21. The average molecular weight is 284 g/mol. The number of rotatable bonds is 4. The Morgan fingerprint density at radius 2 is 2.05 bits per heavy atom. The minimum atomic E-state index is -0.0405. The van der Waals surface area contributed by atoms with E-state index in [1.807, 2.05) is 6.07 Å². The Hall–Kier alpha value is -0.840. The molecule has 0 amide bonds. The third kappa shape index (κ3) is 3.38. The van der Waals surface area contributed by atoms with E-state index in [4.69, 9.17) is 11.6 Å². The van der Waals surface area contributed by atoms with Crippen molar-refractivity contribution in [1.82, 2.24) is 9.88 Å². The fourth-order valence-corrected chi connectivity index (χ4v) is 2.57. The maximum Gasteiger partial charge on any atom is 0.129 e. The summed E-state index contributed by atoms with van der Waals surface area (Å²) in [6.45, 7) is 8.54. The van der Waals surface area contributed by atoms with Crippen molar-refractivity contribution >= 4 is 17.4 Å². The van der Waals surface area contributed by atoms with Crippen LogP contribution in [0.2, 0.25) is 5.02 Å². The van der Waals surface area contributed by atoms with Gasteiger partial charge in [0.1, 0.15) is 5.82 Å². The van der Waals surface area contributed by atoms with E-state index in [-0.39, 0.29) is 6.61 Å². The van der Waals surface area contributed by atoms with Crippen molar-refractivity contribution in [2.45, 2.75) is 32.9 Å². The molecule has 5 heteroatoms. The van der Waals surface area contributed by atoms with Crippen LogP contribution in [0.5, 0.6) is 0 Å². The fourth-order valence-electron chi connectivity index (χ4n) is 2.41. The fraction of sp³-hybridized carbons (Fsp3) is 0.643. The monoisotopic (exact) mass is 283 g/mol. The lowest BCUT2D eigenvalue weighted by atomic mass is 10.2. The molecule has 0 bridgehead atoms. The molecule has 19 heavy (non-hydrogen) atoms. The van der Waals surface area contributed by atoms with E-state index in [9.17, 15) is 5.11 Å². The second-order valence-corrected chi connectivity index (χ2v) is 5.48. The normalized spacial score (nSPS) is 18.6. The molecule has 1 aromatic rings. The summed E-state index contributed by atoms with van der Waals surface area (Å²) in [5.41, 5.74) is 0.746. The standard InChI is InChI=1S/C14H22ClN3O/c1-3-11(2)17-4-6-18(7-5-17)14-8-12(10-19)13(15)9-16-14/h8-9,11,19H,3-7,10H2,1-2H3. The molecule has 1 unspecified atom stereocenters. The van der Waals surface area contributed by atoms with Crippen LogP contribution in [-0.2, 0) is 6.61 Å². The van der Waals surface area contributed by atoms with Gasteiger partial charge in [-0.15, -0.1) is 0 Å². The van der Waals surface area contributed by atoms with E-state index in [1.165, 1.54) is 6.42 Å². The molecule has 0 spiro atoms. The largest absolute Gasteiger partial charge is 0.392 e. The molecule has 1 atom stereocenters. The molecule has 1 aliphatic rings.